The van der Waals surface area contributed by atoms with Crippen LogP contribution in [0.4, 0.5) is 0 Å². The molecule has 4 fully saturated rings. The van der Waals surface area contributed by atoms with E-state index in [1.807, 2.05) is 21.1 Å². The summed E-state index contributed by atoms with van der Waals surface area (Å²) in [5.74, 6) is -5.87. The molecule has 4 aliphatic heterocycles. The Balaban J connectivity index is 1.28. The van der Waals surface area contributed by atoms with Crippen LogP contribution in [0.3, 0.4) is 0 Å². The number of thiocarbonyl (C=S) groups is 1. The second-order valence-corrected chi connectivity index (χ2v) is 28.8. The van der Waals surface area contributed by atoms with Gasteiger partial charge < -0.3 is 122 Å². The fourth-order valence-electron chi connectivity index (χ4n) is 11.0. The van der Waals surface area contributed by atoms with Crippen molar-refractivity contribution in [2.45, 2.75) is 213 Å². The van der Waals surface area contributed by atoms with Gasteiger partial charge in [0.05, 0.1) is 63.7 Å². The maximum absolute atomic E-state index is 14.4. The van der Waals surface area contributed by atoms with Gasteiger partial charge in [-0.1, -0.05) is 54.3 Å². The number of phosphoric acid groups is 1. The van der Waals surface area contributed by atoms with Crippen molar-refractivity contribution < 1.29 is 150 Å². The third-order valence-electron chi connectivity index (χ3n) is 16.3. The lowest BCUT2D eigenvalue weighted by Gasteiger charge is -2.50. The average Bonchev–Trinajstić information content (AvgIpc) is 0.765. The molecule has 4 amide bonds. The van der Waals surface area contributed by atoms with Crippen LogP contribution < -0.4 is 26.4 Å². The number of phosphoric ester groups is 1. The Kier molecular flexibility index (Phi) is 32.7. The molecule has 12 N–H and O–H groups in total. The highest BCUT2D eigenvalue weighted by molar-refractivity contribution is 8.25. The third kappa shape index (κ3) is 23.9. The average molecular weight is 1470 g/mol. The molecule has 0 radical (unpaired) electrons. The zero-order chi connectivity index (χ0) is 73.9. The van der Waals surface area contributed by atoms with Crippen molar-refractivity contribution in [2.24, 2.45) is 0 Å². The van der Waals surface area contributed by atoms with Gasteiger partial charge in [0.25, 0.3) is 25.7 Å². The Morgan fingerprint density at radius 1 is 0.717 bits per heavy atom. The number of benzene rings is 1. The van der Waals surface area contributed by atoms with Crippen LogP contribution in [0, 0.1) is 6.57 Å². The number of nitrogens with zero attached hydrogens (tertiary/aromatic N) is 2. The summed E-state index contributed by atoms with van der Waals surface area (Å²) in [4.78, 5) is 121. The van der Waals surface area contributed by atoms with Crippen molar-refractivity contribution in [1.82, 2.24) is 21.5 Å². The lowest BCUT2D eigenvalue weighted by molar-refractivity contribution is -0.870. The van der Waals surface area contributed by atoms with E-state index in [2.05, 4.69) is 26.3 Å². The standard InChI is InChI=1S/C60H91N6O30PS2/c1-30-39(62-31(2)70)47(41(75)35(26-67)90-30)92-55-44(78)43(77)50(94-53-40(63-32(3)71)48(42(76)36(27-68)91-53)93-56-46(80)49(85-10)45(79)54(96-56)87-29-69)51(95-55)52(81)65-64-38(74)19-15-14-18-34(72)20-21-37(73)59(4,61-6)28-60(5,99-57(98)33-16-12-11-13-17-33)58(82)86-24-25-89-97(83,84)88-23-22-66(7,8)9/h11-13,16-17,29-30,35-36,39-51,53-56,67-68,75-80H,14-15,18-28H2,1-5,7-10H3,(H4-,62,63,64,65,70,71,74,81,83,84)/t30-,35?,36?,39+,40?,41+,42-,43?,44-,45+,46?,47?,48-,49+,50-,51?,53+,54?,55+,56-,59?,60?/m1/s1. The van der Waals surface area contributed by atoms with Crippen molar-refractivity contribution in [3.63, 3.8) is 0 Å². The topological polar surface area (TPSA) is 502 Å². The molecule has 0 aromatic heterocycles. The van der Waals surface area contributed by atoms with Crippen LogP contribution in [-0.2, 0) is 99.3 Å². The van der Waals surface area contributed by atoms with Crippen molar-refractivity contribution >= 4 is 83.6 Å². The summed E-state index contributed by atoms with van der Waals surface area (Å²) in [6.07, 6.45) is -35.5. The molecule has 4 heterocycles. The van der Waals surface area contributed by atoms with Gasteiger partial charge in [-0.05, 0) is 32.3 Å². The third-order valence-corrected chi connectivity index (χ3v) is 19.0. The van der Waals surface area contributed by atoms with Crippen LogP contribution in [0.1, 0.15) is 85.1 Å². The van der Waals surface area contributed by atoms with E-state index in [4.69, 9.17) is 75.2 Å². The molecular weight excluding hydrogens is 1380 g/mol. The summed E-state index contributed by atoms with van der Waals surface area (Å²) < 4.78 is 77.5. The van der Waals surface area contributed by atoms with Gasteiger partial charge in [0.1, 0.15) is 110 Å². The summed E-state index contributed by atoms with van der Waals surface area (Å²) in [5, 5.41) is 93.9. The van der Waals surface area contributed by atoms with Gasteiger partial charge in [0.15, 0.2) is 25.0 Å². The Hall–Kier alpha value is -5.26. The van der Waals surface area contributed by atoms with E-state index in [1.165, 1.54) is 20.8 Å². The van der Waals surface area contributed by atoms with Crippen LogP contribution in [0.5, 0.6) is 0 Å². The number of Topliss-reactive ketones (excluding diaryl/α,β-unsaturated/α-hetero) is 2. The van der Waals surface area contributed by atoms with Gasteiger partial charge >= 0.3 is 5.97 Å². The Morgan fingerprint density at radius 3 is 1.87 bits per heavy atom. The number of methoxy groups -OCH3 is 1. The van der Waals surface area contributed by atoms with E-state index in [-0.39, 0.29) is 49.4 Å². The molecule has 4 saturated heterocycles. The molecule has 4 aliphatic rings. The predicted octanol–water partition coefficient (Wildman–Crippen LogP) is -4.28. The van der Waals surface area contributed by atoms with E-state index < -0.39 is 221 Å². The first kappa shape index (κ1) is 84.4. The number of hydrazine groups is 1. The molecule has 11 unspecified atom stereocenters. The number of carbonyl (C=O) groups excluding carboxylic acids is 8. The summed E-state index contributed by atoms with van der Waals surface area (Å²) >= 11 is 6.51. The number of ketones is 2. The summed E-state index contributed by atoms with van der Waals surface area (Å²) in [5.41, 5.74) is 2.87. The maximum Gasteiger partial charge on any atom is 0.322 e. The number of likely N-dealkylation sites (N-methyl/N-ethyl adjacent to an activating group) is 1. The number of hydrogen-bond acceptors (Lipinski definition) is 32. The maximum atomic E-state index is 14.4. The molecule has 99 heavy (non-hydrogen) atoms. The molecule has 558 valence electrons. The number of hydrogen-bond donors (Lipinski definition) is 12. The lowest BCUT2D eigenvalue weighted by atomic mass is 9.84. The second-order valence-electron chi connectivity index (χ2n) is 25.2. The Labute approximate surface area is 580 Å². The minimum Gasteiger partial charge on any atom is -0.756 e. The van der Waals surface area contributed by atoms with Gasteiger partial charge in [0, 0.05) is 53.6 Å². The second kappa shape index (κ2) is 38.3. The summed E-state index contributed by atoms with van der Waals surface area (Å²) in [6.45, 7) is 11.5. The first-order chi connectivity index (χ1) is 46.5. The molecule has 0 saturated carbocycles. The highest BCUT2D eigenvalue weighted by Crippen LogP contribution is 2.42. The van der Waals surface area contributed by atoms with E-state index in [0.29, 0.717) is 16.6 Å². The molecule has 0 spiro atoms. The fraction of sp³-hybridized carbons (Fsp3) is 0.733. The predicted molar refractivity (Wildman–Crippen MR) is 339 cm³/mol. The van der Waals surface area contributed by atoms with E-state index in [9.17, 15) is 88.7 Å². The van der Waals surface area contributed by atoms with Crippen molar-refractivity contribution in [3.05, 3.63) is 47.3 Å². The quantitative estimate of drug-likeness (QED) is 0.00442. The number of ether oxygens (including phenoxy) is 10. The number of aliphatic hydroxyl groups excluding tert-OH is 8. The minimum atomic E-state index is -4.78. The number of rotatable bonds is 36. The van der Waals surface area contributed by atoms with E-state index >= 15 is 0 Å². The number of amides is 4. The molecule has 0 aliphatic carbocycles. The number of unbranched alkanes of at least 4 members (excludes halogenated alkanes) is 1. The lowest BCUT2D eigenvalue weighted by Crippen LogP contribution is -2.71. The highest BCUT2D eigenvalue weighted by Gasteiger charge is 2.58. The molecule has 23 atom stereocenters. The molecule has 1 aromatic carbocycles. The van der Waals surface area contributed by atoms with Gasteiger partial charge in [-0.3, -0.25) is 53.8 Å². The van der Waals surface area contributed by atoms with Crippen molar-refractivity contribution in [2.75, 3.05) is 67.8 Å². The van der Waals surface area contributed by atoms with Gasteiger partial charge in [-0.25, -0.2) is 6.57 Å². The fourth-order valence-corrected chi connectivity index (χ4v) is 13.5. The molecule has 1 aromatic rings. The van der Waals surface area contributed by atoms with Crippen molar-refractivity contribution in [1.29, 1.82) is 0 Å². The van der Waals surface area contributed by atoms with Crippen LogP contribution in [-0.4, -0.2) is 298 Å². The van der Waals surface area contributed by atoms with E-state index in [0.717, 1.165) is 32.7 Å². The number of quaternary nitrogens is 1. The zero-order valence-electron chi connectivity index (χ0n) is 55.9. The van der Waals surface area contributed by atoms with Crippen LogP contribution in [0.2, 0.25) is 0 Å². The minimum absolute atomic E-state index is 0.00508. The van der Waals surface area contributed by atoms with Crippen LogP contribution in [0.15, 0.2) is 30.3 Å². The zero-order valence-corrected chi connectivity index (χ0v) is 58.4. The van der Waals surface area contributed by atoms with Crippen LogP contribution in [0.25, 0.3) is 4.85 Å². The monoisotopic (exact) mass is 1470 g/mol. The van der Waals surface area contributed by atoms with Gasteiger partial charge in [-0.15, -0.1) is 0 Å². The smallest absolute Gasteiger partial charge is 0.322 e. The first-order valence-corrected chi connectivity index (χ1v) is 34.1. The summed E-state index contributed by atoms with van der Waals surface area (Å²) in [7, 11) is 1.79. The largest absolute Gasteiger partial charge is 0.756 e. The van der Waals surface area contributed by atoms with Crippen molar-refractivity contribution in [3.8, 4) is 0 Å². The molecule has 5 rings (SSSR count). The number of nitrogens with one attached hydrogen (secondary N) is 4. The van der Waals surface area contributed by atoms with E-state index in [1.54, 1.807) is 30.3 Å². The number of thioether (sulfide) groups is 1. The normalized spacial score (nSPS) is 32.0. The highest BCUT2D eigenvalue weighted by atomic mass is 32.2. The van der Waals surface area contributed by atoms with Gasteiger partial charge in [-0.2, -0.15) is 0 Å². The Morgan fingerprint density at radius 2 is 1.28 bits per heavy atom. The van der Waals surface area contributed by atoms with Gasteiger partial charge in [0.2, 0.25) is 29.8 Å². The SMILES string of the molecule is [C-]#[N+]C(C)(CC(C)(SC(=S)c1ccccc1)C(=O)OCCOP(=O)([O-])OCC[N+](C)(C)C)C(=O)CCC(=O)CCCCC(=O)NNC(=O)C1O[C@H](OC2[C@@H](O)C(CO)O[C@H](C)[C@@H]2NC(C)=O)[C@H](O)C(O)[C@H]1O[C@@H]1OC(CO)[C@@H](O)[C@H](O[C@@H]2OC(OC=O)[C@@H](O)[C@H](OC)C2O)C1NC(C)=O. The molecular formula is C60H91N6O30PS2. The van der Waals surface area contributed by atoms with Crippen LogP contribution >= 0.6 is 31.8 Å². The molecule has 0 bridgehead atoms. The number of aliphatic hydroxyl groups is 8. The summed E-state index contributed by atoms with van der Waals surface area (Å²) in [6, 6.07) is 5.48. The number of esters is 1. The number of carbonyl (C=O) groups is 8. The Bertz CT molecular complexity index is 2990. The first-order valence-electron chi connectivity index (χ1n) is 31.4. The molecule has 36 nitrogen and oxygen atoms in total. The molecule has 39 heteroatoms.